The average molecular weight is 497 g/mol. The molecule has 0 aliphatic heterocycles. The summed E-state index contributed by atoms with van der Waals surface area (Å²) in [5.41, 5.74) is -0.0168. The molecule has 0 radical (unpaired) electrons. The van der Waals surface area contributed by atoms with Crippen LogP contribution < -0.4 is 20.7 Å². The number of aromatic nitrogens is 2. The number of unbranched alkanes of at least 4 members (excludes halogenated alkanes) is 1. The van der Waals surface area contributed by atoms with Gasteiger partial charge in [-0.15, -0.1) is 13.2 Å². The van der Waals surface area contributed by atoms with E-state index in [9.17, 15) is 23.3 Å². The zero-order chi connectivity index (χ0) is 25.3. The van der Waals surface area contributed by atoms with E-state index in [2.05, 4.69) is 37.6 Å². The molecule has 1 aliphatic rings. The Morgan fingerprint density at radius 3 is 2.60 bits per heavy atom. The fourth-order valence-electron chi connectivity index (χ4n) is 4.07. The Morgan fingerprint density at radius 1 is 1.17 bits per heavy atom. The SMILES string of the molecule is CCCCN[C@H]1CC[C@H](CNc2nc(NCc3ccccc3OC(F)(F)F)ncc2[N+](=O)[O-])CC1. The van der Waals surface area contributed by atoms with E-state index in [-0.39, 0.29) is 35.3 Å². The molecule has 1 heterocycles. The van der Waals surface area contributed by atoms with Crippen LogP contribution in [-0.4, -0.2) is 40.4 Å². The first-order chi connectivity index (χ1) is 16.7. The van der Waals surface area contributed by atoms with Gasteiger partial charge in [0.15, 0.2) is 0 Å². The normalized spacial score (nSPS) is 18.2. The zero-order valence-electron chi connectivity index (χ0n) is 19.6. The molecule has 1 fully saturated rings. The van der Waals surface area contributed by atoms with Gasteiger partial charge in [-0.3, -0.25) is 10.1 Å². The minimum absolute atomic E-state index is 0.0570. The molecule has 1 aliphatic carbocycles. The first-order valence-corrected chi connectivity index (χ1v) is 11.8. The van der Waals surface area contributed by atoms with Crippen molar-refractivity contribution in [2.75, 3.05) is 23.7 Å². The Labute approximate surface area is 202 Å². The molecular weight excluding hydrogens is 465 g/mol. The molecule has 0 unspecified atom stereocenters. The van der Waals surface area contributed by atoms with E-state index >= 15 is 0 Å². The number of halogens is 3. The molecule has 12 heteroatoms. The zero-order valence-corrected chi connectivity index (χ0v) is 19.6. The van der Waals surface area contributed by atoms with E-state index in [0.717, 1.165) is 51.3 Å². The van der Waals surface area contributed by atoms with Crippen molar-refractivity contribution < 1.29 is 22.8 Å². The summed E-state index contributed by atoms with van der Waals surface area (Å²) in [5, 5.41) is 20.9. The van der Waals surface area contributed by atoms with Gasteiger partial charge in [0.05, 0.1) is 4.92 Å². The number of anilines is 2. The van der Waals surface area contributed by atoms with Crippen LogP contribution in [0.1, 0.15) is 51.0 Å². The average Bonchev–Trinajstić information content (AvgIpc) is 2.82. The Bertz CT molecular complexity index is 968. The van der Waals surface area contributed by atoms with Crippen LogP contribution in [0.4, 0.5) is 30.6 Å². The van der Waals surface area contributed by atoms with Gasteiger partial charge in [0.2, 0.25) is 11.8 Å². The molecule has 35 heavy (non-hydrogen) atoms. The summed E-state index contributed by atoms with van der Waals surface area (Å²) in [6, 6.07) is 6.22. The fraction of sp³-hybridized carbons (Fsp3) is 0.565. The van der Waals surface area contributed by atoms with Crippen LogP contribution in [0.15, 0.2) is 30.5 Å². The van der Waals surface area contributed by atoms with Crippen molar-refractivity contribution >= 4 is 17.5 Å². The molecule has 1 saturated carbocycles. The number of rotatable bonds is 12. The lowest BCUT2D eigenvalue weighted by Crippen LogP contribution is -2.35. The van der Waals surface area contributed by atoms with Crippen molar-refractivity contribution in [2.45, 2.75) is 64.4 Å². The van der Waals surface area contributed by atoms with Crippen molar-refractivity contribution in [3.8, 4) is 5.75 Å². The van der Waals surface area contributed by atoms with Crippen LogP contribution in [0.5, 0.6) is 5.75 Å². The molecule has 3 rings (SSSR count). The molecule has 0 atom stereocenters. The molecule has 3 N–H and O–H groups in total. The third kappa shape index (κ3) is 8.53. The third-order valence-electron chi connectivity index (χ3n) is 5.97. The highest BCUT2D eigenvalue weighted by atomic mass is 19.4. The molecule has 0 spiro atoms. The van der Waals surface area contributed by atoms with Crippen LogP contribution >= 0.6 is 0 Å². The number of nitrogens with one attached hydrogen (secondary N) is 3. The minimum atomic E-state index is -4.82. The van der Waals surface area contributed by atoms with Crippen LogP contribution in [0.3, 0.4) is 0 Å². The maximum atomic E-state index is 12.6. The highest BCUT2D eigenvalue weighted by Gasteiger charge is 2.32. The summed E-state index contributed by atoms with van der Waals surface area (Å²) < 4.78 is 42.0. The van der Waals surface area contributed by atoms with Gasteiger partial charge in [0.25, 0.3) is 0 Å². The van der Waals surface area contributed by atoms with Gasteiger partial charge in [0.1, 0.15) is 11.9 Å². The van der Waals surface area contributed by atoms with Gasteiger partial charge in [-0.2, -0.15) is 4.98 Å². The largest absolute Gasteiger partial charge is 0.573 e. The summed E-state index contributed by atoms with van der Waals surface area (Å²) in [5.74, 6) is 0.170. The van der Waals surface area contributed by atoms with E-state index in [1.807, 2.05) is 0 Å². The Kier molecular flexibility index (Phi) is 9.47. The second kappa shape index (κ2) is 12.5. The fourth-order valence-corrected chi connectivity index (χ4v) is 4.07. The lowest BCUT2D eigenvalue weighted by Gasteiger charge is -2.29. The lowest BCUT2D eigenvalue weighted by molar-refractivity contribution is -0.384. The van der Waals surface area contributed by atoms with Crippen LogP contribution in [0, 0.1) is 16.0 Å². The standard InChI is InChI=1S/C23H31F3N6O3/c1-2-3-12-27-18-10-8-16(9-11-18)13-28-21-19(32(33)34)15-30-22(31-21)29-14-17-6-4-5-7-20(17)35-23(24,25)26/h4-7,15-16,18,27H,2-3,8-14H2,1H3,(H2,28,29,30,31)/t16-,18-. The number of hydrogen-bond acceptors (Lipinski definition) is 8. The predicted molar refractivity (Wildman–Crippen MR) is 126 cm³/mol. The number of ether oxygens (including phenoxy) is 1. The summed E-state index contributed by atoms with van der Waals surface area (Å²) in [7, 11) is 0. The summed E-state index contributed by atoms with van der Waals surface area (Å²) in [6.07, 6.45) is 2.74. The Morgan fingerprint density at radius 2 is 1.91 bits per heavy atom. The topological polar surface area (TPSA) is 114 Å². The molecule has 9 nitrogen and oxygen atoms in total. The molecule has 192 valence electrons. The number of nitrogens with zero attached hydrogens (tertiary/aromatic N) is 3. The van der Waals surface area contributed by atoms with Gasteiger partial charge >= 0.3 is 12.0 Å². The van der Waals surface area contributed by atoms with E-state index in [1.165, 1.54) is 18.2 Å². The minimum Gasteiger partial charge on any atom is -0.405 e. The molecule has 0 bridgehead atoms. The smallest absolute Gasteiger partial charge is 0.405 e. The predicted octanol–water partition coefficient (Wildman–Crippen LogP) is 5.26. The second-order valence-electron chi connectivity index (χ2n) is 8.60. The lowest BCUT2D eigenvalue weighted by atomic mass is 9.86. The first kappa shape index (κ1) is 26.5. The number of hydrogen-bond donors (Lipinski definition) is 3. The monoisotopic (exact) mass is 496 g/mol. The van der Waals surface area contributed by atoms with Crippen LogP contribution in [0.2, 0.25) is 0 Å². The number of nitro groups is 1. The molecule has 1 aromatic carbocycles. The van der Waals surface area contributed by atoms with E-state index in [1.54, 1.807) is 6.07 Å². The van der Waals surface area contributed by atoms with Gasteiger partial charge in [-0.25, -0.2) is 4.98 Å². The van der Waals surface area contributed by atoms with Crippen LogP contribution in [0.25, 0.3) is 0 Å². The summed E-state index contributed by atoms with van der Waals surface area (Å²) >= 11 is 0. The quantitative estimate of drug-likeness (QED) is 0.207. The van der Waals surface area contributed by atoms with Gasteiger partial charge < -0.3 is 20.7 Å². The molecular formula is C23H31F3N6O3. The van der Waals surface area contributed by atoms with Gasteiger partial charge in [-0.05, 0) is 50.6 Å². The summed E-state index contributed by atoms with van der Waals surface area (Å²) in [6.45, 7) is 3.68. The van der Waals surface area contributed by atoms with Crippen molar-refractivity contribution in [3.05, 3.63) is 46.1 Å². The number of para-hydroxylation sites is 1. The van der Waals surface area contributed by atoms with Crippen molar-refractivity contribution in [2.24, 2.45) is 5.92 Å². The van der Waals surface area contributed by atoms with Crippen LogP contribution in [-0.2, 0) is 6.54 Å². The Hall–Kier alpha value is -3.15. The summed E-state index contributed by atoms with van der Waals surface area (Å²) in [4.78, 5) is 19.0. The van der Waals surface area contributed by atoms with Crippen molar-refractivity contribution in [1.82, 2.24) is 15.3 Å². The van der Waals surface area contributed by atoms with E-state index in [0.29, 0.717) is 18.5 Å². The van der Waals surface area contributed by atoms with Gasteiger partial charge in [0, 0.05) is 24.7 Å². The number of alkyl halides is 3. The van der Waals surface area contributed by atoms with E-state index < -0.39 is 11.3 Å². The van der Waals surface area contributed by atoms with E-state index in [4.69, 9.17) is 0 Å². The number of benzene rings is 1. The van der Waals surface area contributed by atoms with Crippen molar-refractivity contribution in [1.29, 1.82) is 0 Å². The molecule has 0 saturated heterocycles. The maximum absolute atomic E-state index is 12.6. The molecule has 2 aromatic rings. The highest BCUT2D eigenvalue weighted by Crippen LogP contribution is 2.29. The highest BCUT2D eigenvalue weighted by molar-refractivity contribution is 5.57. The molecule has 0 amide bonds. The third-order valence-corrected chi connectivity index (χ3v) is 5.97. The Balaban J connectivity index is 1.59. The van der Waals surface area contributed by atoms with Gasteiger partial charge in [-0.1, -0.05) is 31.5 Å². The first-order valence-electron chi connectivity index (χ1n) is 11.8. The van der Waals surface area contributed by atoms with Crippen molar-refractivity contribution in [3.63, 3.8) is 0 Å². The second-order valence-corrected chi connectivity index (χ2v) is 8.60. The molecule has 1 aromatic heterocycles. The maximum Gasteiger partial charge on any atom is 0.573 e.